The number of hydrogen-bond donors (Lipinski definition) is 2. The second-order valence-electron chi connectivity index (χ2n) is 4.56. The van der Waals surface area contributed by atoms with Gasteiger partial charge in [0, 0.05) is 24.6 Å². The van der Waals surface area contributed by atoms with Gasteiger partial charge in [0.2, 0.25) is 0 Å². The molecule has 1 aromatic heterocycles. The van der Waals surface area contributed by atoms with Crippen molar-refractivity contribution < 1.29 is 18.0 Å². The molecule has 0 atom stereocenters. The summed E-state index contributed by atoms with van der Waals surface area (Å²) in [5.41, 5.74) is 4.73. The van der Waals surface area contributed by atoms with Crippen molar-refractivity contribution >= 4 is 17.3 Å². The summed E-state index contributed by atoms with van der Waals surface area (Å²) in [6.07, 6.45) is -3.08. The van der Waals surface area contributed by atoms with E-state index in [0.717, 1.165) is 12.1 Å². The molecule has 0 saturated heterocycles. The van der Waals surface area contributed by atoms with Crippen molar-refractivity contribution in [3.8, 4) is 0 Å². The smallest absolute Gasteiger partial charge is 0.398 e. The third kappa shape index (κ3) is 3.15. The van der Waals surface area contributed by atoms with Gasteiger partial charge in [-0.3, -0.25) is 9.48 Å². The van der Waals surface area contributed by atoms with E-state index in [0.29, 0.717) is 11.3 Å². The maximum absolute atomic E-state index is 12.8. The highest BCUT2D eigenvalue weighted by Crippen LogP contribution is 2.35. The van der Waals surface area contributed by atoms with E-state index in [1.54, 1.807) is 14.0 Å². The Bertz CT molecular complexity index is 691. The molecule has 3 N–H and O–H groups in total. The van der Waals surface area contributed by atoms with Gasteiger partial charge in [-0.2, -0.15) is 18.3 Å². The van der Waals surface area contributed by atoms with E-state index >= 15 is 0 Å². The molecular formula is C13H13F3N4O. The summed E-state index contributed by atoms with van der Waals surface area (Å²) in [5, 5.41) is 6.40. The lowest BCUT2D eigenvalue weighted by Gasteiger charge is -2.12. The number of benzene rings is 1. The first-order valence-corrected chi connectivity index (χ1v) is 5.97. The number of nitrogens with zero attached hydrogens (tertiary/aromatic N) is 2. The fraction of sp³-hybridized carbons (Fsp3) is 0.231. The molecule has 0 aliphatic heterocycles. The summed E-state index contributed by atoms with van der Waals surface area (Å²) in [6.45, 7) is 1.64. The van der Waals surface area contributed by atoms with E-state index < -0.39 is 23.3 Å². The molecule has 0 radical (unpaired) electrons. The molecule has 2 aromatic rings. The Balaban J connectivity index is 2.28. The lowest BCUT2D eigenvalue weighted by Crippen LogP contribution is -2.14. The molecule has 0 unspecified atom stereocenters. The van der Waals surface area contributed by atoms with Crippen molar-refractivity contribution in [1.82, 2.24) is 9.78 Å². The topological polar surface area (TPSA) is 72.9 Å². The number of aryl methyl sites for hydroxylation is 2. The zero-order valence-corrected chi connectivity index (χ0v) is 11.3. The van der Waals surface area contributed by atoms with Crippen LogP contribution in [0.15, 0.2) is 24.4 Å². The predicted molar refractivity (Wildman–Crippen MR) is 71.8 cm³/mol. The van der Waals surface area contributed by atoms with Crippen LogP contribution in [0.4, 0.5) is 24.5 Å². The molecule has 1 aromatic carbocycles. The molecule has 21 heavy (non-hydrogen) atoms. The lowest BCUT2D eigenvalue weighted by atomic mass is 10.1. The summed E-state index contributed by atoms with van der Waals surface area (Å²) >= 11 is 0. The zero-order chi connectivity index (χ0) is 15.8. The largest absolute Gasteiger partial charge is 0.418 e. The Morgan fingerprint density at radius 2 is 2.05 bits per heavy atom. The van der Waals surface area contributed by atoms with Gasteiger partial charge in [0.05, 0.1) is 16.8 Å². The molecule has 0 spiro atoms. The molecule has 0 fully saturated rings. The number of alkyl halides is 3. The van der Waals surface area contributed by atoms with Crippen molar-refractivity contribution in [1.29, 1.82) is 0 Å². The van der Waals surface area contributed by atoms with Crippen LogP contribution in [0.3, 0.4) is 0 Å². The molecule has 1 heterocycles. The van der Waals surface area contributed by atoms with Gasteiger partial charge in [-0.15, -0.1) is 0 Å². The number of halogens is 3. The summed E-state index contributed by atoms with van der Waals surface area (Å²) in [4.78, 5) is 12.0. The monoisotopic (exact) mass is 298 g/mol. The van der Waals surface area contributed by atoms with Crippen molar-refractivity contribution in [3.63, 3.8) is 0 Å². The minimum atomic E-state index is -4.57. The Hall–Kier alpha value is -2.51. The number of carbonyl (C=O) groups is 1. The van der Waals surface area contributed by atoms with Gasteiger partial charge in [0.15, 0.2) is 0 Å². The number of aromatic nitrogens is 2. The highest BCUT2D eigenvalue weighted by molar-refractivity contribution is 6.05. The number of carbonyl (C=O) groups excluding carboxylic acids is 1. The number of anilines is 2. The minimum Gasteiger partial charge on any atom is -0.398 e. The normalized spacial score (nSPS) is 11.5. The van der Waals surface area contributed by atoms with Gasteiger partial charge in [0.1, 0.15) is 0 Å². The van der Waals surface area contributed by atoms with Gasteiger partial charge in [0.25, 0.3) is 5.91 Å². The number of nitrogen functional groups attached to an aromatic ring is 1. The average Bonchev–Trinajstić information content (AvgIpc) is 2.69. The molecule has 0 bridgehead atoms. The van der Waals surface area contributed by atoms with Crippen molar-refractivity contribution in [2.75, 3.05) is 11.1 Å². The van der Waals surface area contributed by atoms with Gasteiger partial charge in [-0.1, -0.05) is 0 Å². The molecule has 5 nitrogen and oxygen atoms in total. The average molecular weight is 298 g/mol. The van der Waals surface area contributed by atoms with E-state index in [1.807, 2.05) is 0 Å². The number of nitrogens with two attached hydrogens (primary N) is 1. The van der Waals surface area contributed by atoms with E-state index in [1.165, 1.54) is 16.9 Å². The fourth-order valence-electron chi connectivity index (χ4n) is 1.90. The quantitative estimate of drug-likeness (QED) is 0.837. The van der Waals surface area contributed by atoms with Crippen molar-refractivity contribution in [2.24, 2.45) is 7.05 Å². The predicted octanol–water partition coefficient (Wildman–Crippen LogP) is 2.58. The van der Waals surface area contributed by atoms with Crippen LogP contribution in [0, 0.1) is 6.92 Å². The molecule has 2 rings (SSSR count). The maximum Gasteiger partial charge on any atom is 0.418 e. The van der Waals surface area contributed by atoms with Gasteiger partial charge in [-0.25, -0.2) is 0 Å². The van der Waals surface area contributed by atoms with Crippen LogP contribution in [0.25, 0.3) is 0 Å². The van der Waals surface area contributed by atoms with E-state index in [9.17, 15) is 18.0 Å². The molecule has 0 aliphatic rings. The van der Waals surface area contributed by atoms with Crippen molar-refractivity contribution in [3.05, 3.63) is 41.2 Å². The standard InChI is InChI=1S/C13H13F3N4O/c1-7-9(6-20(2)19-7)12(21)18-8-3-4-11(17)10(5-8)13(14,15)16/h3-6H,17H2,1-2H3,(H,18,21). The van der Waals surface area contributed by atoms with Crippen LogP contribution in [0.1, 0.15) is 21.6 Å². The fourth-order valence-corrected chi connectivity index (χ4v) is 1.90. The van der Waals surface area contributed by atoms with E-state index in [-0.39, 0.29) is 5.69 Å². The first-order valence-electron chi connectivity index (χ1n) is 5.97. The van der Waals surface area contributed by atoms with Crippen LogP contribution in [-0.2, 0) is 13.2 Å². The SMILES string of the molecule is Cc1nn(C)cc1C(=O)Nc1ccc(N)c(C(F)(F)F)c1. The Morgan fingerprint density at radius 3 is 2.57 bits per heavy atom. The molecule has 112 valence electrons. The molecule has 8 heteroatoms. The van der Waals surface area contributed by atoms with E-state index in [4.69, 9.17) is 5.73 Å². The number of amides is 1. The zero-order valence-electron chi connectivity index (χ0n) is 11.3. The van der Waals surface area contributed by atoms with Crippen LogP contribution in [-0.4, -0.2) is 15.7 Å². The summed E-state index contributed by atoms with van der Waals surface area (Å²) in [5.74, 6) is -0.529. The van der Waals surface area contributed by atoms with E-state index in [2.05, 4.69) is 10.4 Å². The Kier molecular flexibility index (Phi) is 3.63. The van der Waals surface area contributed by atoms with Crippen molar-refractivity contribution in [2.45, 2.75) is 13.1 Å². The first kappa shape index (κ1) is 14.9. The third-order valence-electron chi connectivity index (χ3n) is 2.87. The van der Waals surface area contributed by atoms with Crippen LogP contribution in [0.5, 0.6) is 0 Å². The second kappa shape index (κ2) is 5.12. The van der Waals surface area contributed by atoms with Gasteiger partial charge >= 0.3 is 6.18 Å². The highest BCUT2D eigenvalue weighted by atomic mass is 19.4. The summed E-state index contributed by atoms with van der Waals surface area (Å²) in [6, 6.07) is 3.22. The lowest BCUT2D eigenvalue weighted by molar-refractivity contribution is -0.136. The Labute approximate surface area is 118 Å². The third-order valence-corrected chi connectivity index (χ3v) is 2.87. The number of rotatable bonds is 2. The van der Waals surface area contributed by atoms with Gasteiger partial charge < -0.3 is 11.1 Å². The summed E-state index contributed by atoms with van der Waals surface area (Å²) < 4.78 is 39.7. The molecule has 0 aliphatic carbocycles. The number of hydrogen-bond acceptors (Lipinski definition) is 3. The second-order valence-corrected chi connectivity index (χ2v) is 4.56. The molecule has 0 saturated carbocycles. The highest BCUT2D eigenvalue weighted by Gasteiger charge is 2.33. The van der Waals surface area contributed by atoms with Crippen LogP contribution in [0.2, 0.25) is 0 Å². The Morgan fingerprint density at radius 1 is 1.38 bits per heavy atom. The first-order chi connectivity index (χ1) is 9.68. The molecular weight excluding hydrogens is 285 g/mol. The molecule has 1 amide bonds. The maximum atomic E-state index is 12.8. The van der Waals surface area contributed by atoms with Crippen LogP contribution >= 0.6 is 0 Å². The summed E-state index contributed by atoms with van der Waals surface area (Å²) in [7, 11) is 1.65. The van der Waals surface area contributed by atoms with Crippen LogP contribution < -0.4 is 11.1 Å². The minimum absolute atomic E-state index is 0.0183. The van der Waals surface area contributed by atoms with Gasteiger partial charge in [-0.05, 0) is 25.1 Å². The number of nitrogens with one attached hydrogen (secondary N) is 1.